The van der Waals surface area contributed by atoms with Crippen LogP contribution in [-0.2, 0) is 14.1 Å². The van der Waals surface area contributed by atoms with E-state index in [9.17, 15) is 9.90 Å². The van der Waals surface area contributed by atoms with Gasteiger partial charge in [0.1, 0.15) is 0 Å². The maximum absolute atomic E-state index is 12.0. The van der Waals surface area contributed by atoms with Gasteiger partial charge in [-0.2, -0.15) is 0 Å². The largest absolute Gasteiger partial charge is 0.457 e. The van der Waals surface area contributed by atoms with Crippen molar-refractivity contribution < 1.29 is 19.2 Å². The molecule has 1 aliphatic heterocycles. The number of hydrogen-bond donors (Lipinski definition) is 2. The van der Waals surface area contributed by atoms with Gasteiger partial charge in [0.25, 0.3) is 0 Å². The number of carbonyl (C=O) groups is 1. The van der Waals surface area contributed by atoms with Gasteiger partial charge < -0.3 is 19.7 Å². The Kier molecular flexibility index (Phi) is 8.18. The van der Waals surface area contributed by atoms with Crippen molar-refractivity contribution in [3.05, 3.63) is 0 Å². The van der Waals surface area contributed by atoms with Gasteiger partial charge in [0.15, 0.2) is 0 Å². The lowest BCUT2D eigenvalue weighted by Gasteiger charge is -2.32. The average molecular weight is 369 g/mol. The van der Waals surface area contributed by atoms with Crippen LogP contribution >= 0.6 is 0 Å². The van der Waals surface area contributed by atoms with Crippen molar-refractivity contribution in [3.8, 4) is 0 Å². The highest BCUT2D eigenvalue weighted by Crippen LogP contribution is 2.37. The zero-order chi connectivity index (χ0) is 20.2. The summed E-state index contributed by atoms with van der Waals surface area (Å²) in [5.41, 5.74) is -0.490. The fourth-order valence-electron chi connectivity index (χ4n) is 3.37. The summed E-state index contributed by atoms with van der Waals surface area (Å²) in [6.45, 7) is 16.5. The molecule has 26 heavy (non-hydrogen) atoms. The summed E-state index contributed by atoms with van der Waals surface area (Å²) in [6, 6.07) is 0. The molecule has 2 atom stereocenters. The molecule has 2 fully saturated rings. The van der Waals surface area contributed by atoms with Crippen molar-refractivity contribution in [1.82, 2.24) is 5.32 Å². The van der Waals surface area contributed by atoms with Crippen LogP contribution in [0.25, 0.3) is 0 Å². The molecule has 2 rings (SSSR count). The molecule has 5 nitrogen and oxygen atoms in total. The summed E-state index contributed by atoms with van der Waals surface area (Å²) < 4.78 is 11.4. The molecule has 2 unspecified atom stereocenters. The first-order chi connectivity index (χ1) is 11.8. The summed E-state index contributed by atoms with van der Waals surface area (Å²) in [4.78, 5) is 12.0. The molecule has 0 aromatic rings. The SMILES string of the molecule is CC(C)(C)NC(=O)C1CCCCC1CO.CCB1OC(C)(C)C(C)(C)O1. The highest BCUT2D eigenvalue weighted by molar-refractivity contribution is 6.45. The Hall–Kier alpha value is -0.585. The number of hydrogen-bond acceptors (Lipinski definition) is 4. The second-order valence-corrected chi connectivity index (χ2v) is 9.67. The summed E-state index contributed by atoms with van der Waals surface area (Å²) in [5.74, 6) is 0.297. The van der Waals surface area contributed by atoms with Gasteiger partial charge >= 0.3 is 7.12 Å². The minimum atomic E-state index is -0.172. The van der Waals surface area contributed by atoms with Crippen LogP contribution in [0.4, 0.5) is 0 Å². The minimum absolute atomic E-state index is 0.0139. The molecule has 1 saturated carbocycles. The number of rotatable bonds is 3. The number of nitrogens with one attached hydrogen (secondary N) is 1. The van der Waals surface area contributed by atoms with E-state index in [2.05, 4.69) is 39.9 Å². The van der Waals surface area contributed by atoms with Gasteiger partial charge in [0.05, 0.1) is 11.2 Å². The first kappa shape index (κ1) is 23.5. The number of carbonyl (C=O) groups excluding carboxylic acids is 1. The number of aliphatic hydroxyl groups excluding tert-OH is 1. The normalized spacial score (nSPS) is 27.5. The molecule has 0 bridgehead atoms. The predicted octanol–water partition coefficient (Wildman–Crippen LogP) is 3.80. The Balaban J connectivity index is 0.000000273. The highest BCUT2D eigenvalue weighted by atomic mass is 16.7. The van der Waals surface area contributed by atoms with E-state index in [0.717, 1.165) is 32.0 Å². The Morgan fingerprint density at radius 1 is 1.12 bits per heavy atom. The van der Waals surface area contributed by atoms with E-state index in [1.54, 1.807) is 0 Å². The maximum Gasteiger partial charge on any atom is 0.457 e. The molecule has 2 aliphatic rings. The van der Waals surface area contributed by atoms with Crippen LogP contribution in [0, 0.1) is 11.8 Å². The fraction of sp³-hybridized carbons (Fsp3) is 0.950. The Morgan fingerprint density at radius 3 is 2.00 bits per heavy atom. The summed E-state index contributed by atoms with van der Waals surface area (Å²) >= 11 is 0. The third-order valence-corrected chi connectivity index (χ3v) is 5.61. The van der Waals surface area contributed by atoms with E-state index in [4.69, 9.17) is 9.31 Å². The maximum atomic E-state index is 12.0. The molecule has 1 aliphatic carbocycles. The second-order valence-electron chi connectivity index (χ2n) is 9.67. The Labute approximate surface area is 160 Å². The molecule has 152 valence electrons. The van der Waals surface area contributed by atoms with E-state index < -0.39 is 0 Å². The highest BCUT2D eigenvalue weighted by Gasteiger charge is 2.49. The van der Waals surface area contributed by atoms with Crippen LogP contribution < -0.4 is 5.32 Å². The van der Waals surface area contributed by atoms with E-state index >= 15 is 0 Å². The quantitative estimate of drug-likeness (QED) is 0.743. The van der Waals surface area contributed by atoms with Crippen molar-refractivity contribution in [3.63, 3.8) is 0 Å². The van der Waals surface area contributed by atoms with E-state index in [-0.39, 0.29) is 48.2 Å². The molecular weight excluding hydrogens is 329 g/mol. The lowest BCUT2D eigenvalue weighted by Crippen LogP contribution is -2.46. The van der Waals surface area contributed by atoms with Crippen LogP contribution in [0.15, 0.2) is 0 Å². The fourth-order valence-corrected chi connectivity index (χ4v) is 3.37. The molecule has 1 saturated heterocycles. The molecule has 0 aromatic carbocycles. The minimum Gasteiger partial charge on any atom is -0.403 e. The lowest BCUT2D eigenvalue weighted by atomic mass is 9.79. The number of amides is 1. The Morgan fingerprint density at radius 2 is 1.62 bits per heavy atom. The van der Waals surface area contributed by atoms with E-state index in [1.807, 2.05) is 20.8 Å². The van der Waals surface area contributed by atoms with Gasteiger partial charge in [-0.15, -0.1) is 0 Å². The van der Waals surface area contributed by atoms with Gasteiger partial charge in [-0.1, -0.05) is 19.8 Å². The molecule has 1 heterocycles. The van der Waals surface area contributed by atoms with Crippen LogP contribution in [0.5, 0.6) is 0 Å². The first-order valence-electron chi connectivity index (χ1n) is 10.1. The first-order valence-corrected chi connectivity index (χ1v) is 10.1. The molecule has 2 N–H and O–H groups in total. The molecule has 0 aromatic heterocycles. The molecule has 0 radical (unpaired) electrons. The third kappa shape index (κ3) is 6.54. The van der Waals surface area contributed by atoms with Crippen molar-refractivity contribution in [2.45, 2.75) is 104 Å². The van der Waals surface area contributed by atoms with Gasteiger partial charge in [-0.3, -0.25) is 4.79 Å². The monoisotopic (exact) mass is 369 g/mol. The lowest BCUT2D eigenvalue weighted by molar-refractivity contribution is -0.130. The zero-order valence-electron chi connectivity index (χ0n) is 18.1. The van der Waals surface area contributed by atoms with E-state index in [1.165, 1.54) is 0 Å². The molecule has 0 spiro atoms. The van der Waals surface area contributed by atoms with Gasteiger partial charge in [-0.05, 0) is 73.5 Å². The van der Waals surface area contributed by atoms with Gasteiger partial charge in [-0.25, -0.2) is 0 Å². The Bertz CT molecular complexity index is 443. The number of aliphatic hydroxyl groups is 1. The van der Waals surface area contributed by atoms with E-state index in [0.29, 0.717) is 0 Å². The van der Waals surface area contributed by atoms with Crippen molar-refractivity contribution in [1.29, 1.82) is 0 Å². The predicted molar refractivity (Wildman–Crippen MR) is 107 cm³/mol. The van der Waals surface area contributed by atoms with Crippen molar-refractivity contribution in [2.75, 3.05) is 6.61 Å². The molecule has 1 amide bonds. The second kappa shape index (κ2) is 9.07. The van der Waals surface area contributed by atoms with Gasteiger partial charge in [0.2, 0.25) is 5.91 Å². The molecular formula is C20H40BNO4. The van der Waals surface area contributed by atoms with Gasteiger partial charge in [0, 0.05) is 18.1 Å². The smallest absolute Gasteiger partial charge is 0.403 e. The van der Waals surface area contributed by atoms with Crippen molar-refractivity contribution >= 4 is 13.0 Å². The van der Waals surface area contributed by atoms with Crippen LogP contribution in [0.2, 0.25) is 6.32 Å². The average Bonchev–Trinajstić information content (AvgIpc) is 2.74. The topological polar surface area (TPSA) is 67.8 Å². The van der Waals surface area contributed by atoms with Crippen LogP contribution in [0.1, 0.15) is 81.1 Å². The summed E-state index contributed by atoms with van der Waals surface area (Å²) in [5, 5.41) is 12.2. The molecule has 6 heteroatoms. The van der Waals surface area contributed by atoms with Crippen molar-refractivity contribution in [2.24, 2.45) is 11.8 Å². The zero-order valence-corrected chi connectivity index (χ0v) is 18.1. The summed E-state index contributed by atoms with van der Waals surface area (Å²) in [6.07, 6.45) is 5.09. The van der Waals surface area contributed by atoms with Crippen LogP contribution in [-0.4, -0.2) is 41.5 Å². The third-order valence-electron chi connectivity index (χ3n) is 5.61. The summed E-state index contributed by atoms with van der Waals surface area (Å²) in [7, 11) is -0.0139. The van der Waals surface area contributed by atoms with Crippen LogP contribution in [0.3, 0.4) is 0 Å². The standard InChI is InChI=1S/C12H23NO2.C8H17BO2/c1-12(2,3)13-11(15)10-7-5-4-6-9(10)8-14;1-6-9-10-7(2,3)8(4,5)11-9/h9-10,14H,4-8H2,1-3H3,(H,13,15);6H2,1-5H3.